The maximum absolute atomic E-state index is 6.12. The molecule has 1 atom stereocenters. The molecule has 1 aromatic carbocycles. The highest BCUT2D eigenvalue weighted by Crippen LogP contribution is 2.22. The van der Waals surface area contributed by atoms with Crippen molar-refractivity contribution in [2.45, 2.75) is 44.4 Å². The molecule has 0 radical (unpaired) electrons. The van der Waals surface area contributed by atoms with Crippen LogP contribution in [0.3, 0.4) is 0 Å². The highest BCUT2D eigenvalue weighted by atomic mass is 16.5. The van der Waals surface area contributed by atoms with E-state index < -0.39 is 0 Å². The van der Waals surface area contributed by atoms with Crippen LogP contribution in [0, 0.1) is 0 Å². The van der Waals surface area contributed by atoms with Crippen LogP contribution in [0.15, 0.2) is 35.3 Å². The Balaban J connectivity index is 1.34. The first-order chi connectivity index (χ1) is 15.1. The van der Waals surface area contributed by atoms with E-state index >= 15 is 0 Å². The number of ether oxygens (including phenoxy) is 2. The molecule has 0 amide bonds. The van der Waals surface area contributed by atoms with Crippen LogP contribution in [0.1, 0.15) is 31.2 Å². The molecule has 3 heterocycles. The smallest absolute Gasteiger partial charge is 0.193 e. The number of rotatable bonds is 6. The lowest BCUT2D eigenvalue weighted by atomic mass is 10.1. The molecule has 2 saturated heterocycles. The molecule has 31 heavy (non-hydrogen) atoms. The van der Waals surface area contributed by atoms with E-state index in [-0.39, 0.29) is 0 Å². The molecule has 168 valence electrons. The topological polar surface area (TPSA) is 62.2 Å². The second-order valence-corrected chi connectivity index (χ2v) is 8.61. The number of likely N-dealkylation sites (tertiary alicyclic amines) is 1. The lowest BCUT2D eigenvalue weighted by molar-refractivity contribution is -0.0367. The Hall–Kier alpha value is -2.38. The lowest BCUT2D eigenvalue weighted by Gasteiger charge is -2.34. The maximum Gasteiger partial charge on any atom is 0.193 e. The fraction of sp³-hybridized carbons (Fsp3) is 0.583. The minimum atomic E-state index is 0.301. The molecule has 1 unspecified atom stereocenters. The number of nitrogens with one attached hydrogen (secondary N) is 1. The van der Waals surface area contributed by atoms with Gasteiger partial charge in [0.1, 0.15) is 5.82 Å². The summed E-state index contributed by atoms with van der Waals surface area (Å²) in [5.41, 5.74) is 2.25. The third kappa shape index (κ3) is 5.46. The molecule has 2 fully saturated rings. The number of fused-ring (bicyclic) bond motifs is 1. The predicted molar refractivity (Wildman–Crippen MR) is 126 cm³/mol. The summed E-state index contributed by atoms with van der Waals surface area (Å²) in [7, 11) is 5.91. The molecule has 2 aromatic rings. The molecule has 0 bridgehead atoms. The minimum Gasteiger partial charge on any atom is -0.376 e. The zero-order valence-electron chi connectivity index (χ0n) is 19.0. The highest BCUT2D eigenvalue weighted by molar-refractivity contribution is 5.85. The first kappa shape index (κ1) is 21.8. The van der Waals surface area contributed by atoms with Gasteiger partial charge >= 0.3 is 0 Å². The number of aliphatic imine (C=N–C) groups is 1. The molecule has 0 saturated carbocycles. The van der Waals surface area contributed by atoms with Crippen LogP contribution in [0.2, 0.25) is 0 Å². The van der Waals surface area contributed by atoms with Crippen LogP contribution >= 0.6 is 0 Å². The van der Waals surface area contributed by atoms with Gasteiger partial charge in [-0.2, -0.15) is 0 Å². The largest absolute Gasteiger partial charge is 0.376 e. The number of anilines is 1. The summed E-state index contributed by atoms with van der Waals surface area (Å²) in [6.07, 6.45) is 4.97. The van der Waals surface area contributed by atoms with Gasteiger partial charge in [0.05, 0.1) is 24.3 Å². The SMILES string of the molecule is CN=C(NCc1cc(N(C)C)nc2ccccc12)N1CCC(OCC2CCCO2)CC1. The Morgan fingerprint density at radius 3 is 2.77 bits per heavy atom. The number of para-hydroxylation sites is 1. The Bertz CT molecular complexity index is 887. The van der Waals surface area contributed by atoms with E-state index in [4.69, 9.17) is 14.5 Å². The van der Waals surface area contributed by atoms with Gasteiger partial charge < -0.3 is 24.6 Å². The van der Waals surface area contributed by atoms with Crippen molar-refractivity contribution in [3.05, 3.63) is 35.9 Å². The molecule has 2 aliphatic rings. The van der Waals surface area contributed by atoms with Crippen molar-refractivity contribution in [3.8, 4) is 0 Å². The van der Waals surface area contributed by atoms with E-state index in [1.807, 2.05) is 32.1 Å². The van der Waals surface area contributed by atoms with Crippen molar-refractivity contribution in [2.24, 2.45) is 4.99 Å². The van der Waals surface area contributed by atoms with Gasteiger partial charge in [-0.1, -0.05) is 18.2 Å². The molecule has 0 spiro atoms. The van der Waals surface area contributed by atoms with Crippen molar-refractivity contribution in [2.75, 3.05) is 52.3 Å². The minimum absolute atomic E-state index is 0.301. The molecule has 4 rings (SSSR count). The lowest BCUT2D eigenvalue weighted by Crippen LogP contribution is -2.47. The van der Waals surface area contributed by atoms with E-state index in [1.54, 1.807) is 0 Å². The summed E-state index contributed by atoms with van der Waals surface area (Å²) in [5, 5.41) is 4.75. The van der Waals surface area contributed by atoms with Crippen molar-refractivity contribution in [1.82, 2.24) is 15.2 Å². The number of benzene rings is 1. The molecule has 1 N–H and O–H groups in total. The van der Waals surface area contributed by atoms with Gasteiger partial charge in [0.2, 0.25) is 0 Å². The quantitative estimate of drug-likeness (QED) is 0.567. The summed E-state index contributed by atoms with van der Waals surface area (Å²) < 4.78 is 11.8. The van der Waals surface area contributed by atoms with Crippen LogP contribution < -0.4 is 10.2 Å². The van der Waals surface area contributed by atoms with Crippen LogP contribution in [0.5, 0.6) is 0 Å². The number of piperidine rings is 1. The molecule has 1 aromatic heterocycles. The normalized spacial score (nSPS) is 20.4. The van der Waals surface area contributed by atoms with E-state index in [0.717, 1.165) is 69.3 Å². The van der Waals surface area contributed by atoms with Gasteiger partial charge in [0.25, 0.3) is 0 Å². The van der Waals surface area contributed by atoms with Crippen molar-refractivity contribution in [3.63, 3.8) is 0 Å². The van der Waals surface area contributed by atoms with Gasteiger partial charge in [-0.3, -0.25) is 4.99 Å². The van der Waals surface area contributed by atoms with E-state index in [1.165, 1.54) is 10.9 Å². The average molecular weight is 426 g/mol. The van der Waals surface area contributed by atoms with E-state index in [2.05, 4.69) is 39.5 Å². The van der Waals surface area contributed by atoms with Gasteiger partial charge in [-0.05, 0) is 43.4 Å². The van der Waals surface area contributed by atoms with Crippen molar-refractivity contribution < 1.29 is 9.47 Å². The number of guanidine groups is 1. The van der Waals surface area contributed by atoms with Crippen molar-refractivity contribution >= 4 is 22.7 Å². The Labute approximate surface area is 185 Å². The van der Waals surface area contributed by atoms with Crippen molar-refractivity contribution in [1.29, 1.82) is 0 Å². The zero-order chi connectivity index (χ0) is 21.6. The summed E-state index contributed by atoms with van der Waals surface area (Å²) in [6, 6.07) is 10.5. The number of aromatic nitrogens is 1. The highest BCUT2D eigenvalue weighted by Gasteiger charge is 2.24. The van der Waals surface area contributed by atoms with Crippen LogP contribution in [0.25, 0.3) is 10.9 Å². The second kappa shape index (κ2) is 10.3. The number of hydrogen-bond acceptors (Lipinski definition) is 5. The first-order valence-electron chi connectivity index (χ1n) is 11.4. The number of nitrogens with zero attached hydrogens (tertiary/aromatic N) is 4. The monoisotopic (exact) mass is 425 g/mol. The predicted octanol–water partition coefficient (Wildman–Crippen LogP) is 3.04. The van der Waals surface area contributed by atoms with E-state index in [9.17, 15) is 0 Å². The van der Waals surface area contributed by atoms with Crippen LogP contribution in [-0.2, 0) is 16.0 Å². The summed E-state index contributed by atoms with van der Waals surface area (Å²) in [4.78, 5) is 13.7. The van der Waals surface area contributed by atoms with Gasteiger partial charge in [-0.25, -0.2) is 4.98 Å². The van der Waals surface area contributed by atoms with Gasteiger partial charge in [0.15, 0.2) is 5.96 Å². The standard InChI is InChI=1S/C24H35N5O2/c1-25-24(29-12-10-19(11-13-29)31-17-20-7-6-14-30-20)26-16-18-15-23(28(2)3)27-22-9-5-4-8-21(18)22/h4-5,8-9,15,19-20H,6-7,10-14,16-17H2,1-3H3,(H,25,26). The third-order valence-corrected chi connectivity index (χ3v) is 6.18. The van der Waals surface area contributed by atoms with Crippen LogP contribution in [-0.4, -0.2) is 75.5 Å². The molecule has 7 heteroatoms. The molecular formula is C24H35N5O2. The summed E-state index contributed by atoms with van der Waals surface area (Å²) >= 11 is 0. The average Bonchev–Trinajstić information content (AvgIpc) is 3.32. The second-order valence-electron chi connectivity index (χ2n) is 8.61. The maximum atomic E-state index is 6.12. The summed E-state index contributed by atoms with van der Waals surface area (Å²) in [5.74, 6) is 1.92. The van der Waals surface area contributed by atoms with E-state index in [0.29, 0.717) is 18.8 Å². The first-order valence-corrected chi connectivity index (χ1v) is 11.4. The fourth-order valence-electron chi connectivity index (χ4n) is 4.37. The Morgan fingerprint density at radius 1 is 1.26 bits per heavy atom. The number of hydrogen-bond donors (Lipinski definition) is 1. The third-order valence-electron chi connectivity index (χ3n) is 6.18. The fourth-order valence-corrected chi connectivity index (χ4v) is 4.37. The zero-order valence-corrected chi connectivity index (χ0v) is 19.0. The summed E-state index contributed by atoms with van der Waals surface area (Å²) in [6.45, 7) is 4.25. The molecule has 7 nitrogen and oxygen atoms in total. The van der Waals surface area contributed by atoms with Gasteiger partial charge in [-0.15, -0.1) is 0 Å². The van der Waals surface area contributed by atoms with Gasteiger partial charge in [0, 0.05) is 52.8 Å². The Morgan fingerprint density at radius 2 is 2.06 bits per heavy atom. The molecule has 0 aliphatic carbocycles. The Kier molecular flexibility index (Phi) is 7.25. The number of pyridine rings is 1. The molecular weight excluding hydrogens is 390 g/mol. The van der Waals surface area contributed by atoms with Crippen LogP contribution in [0.4, 0.5) is 5.82 Å². The molecule has 2 aliphatic heterocycles.